The van der Waals surface area contributed by atoms with Gasteiger partial charge in [0.15, 0.2) is 5.65 Å². The van der Waals surface area contributed by atoms with Gasteiger partial charge in [-0.25, -0.2) is 9.50 Å². The molecular weight excluding hydrogens is 337 g/mol. The number of aliphatic hydroxyl groups excluding tert-OH is 1. The lowest BCUT2D eigenvalue weighted by molar-refractivity contribution is -0.274. The molecule has 0 radical (unpaired) electrons. The smallest absolute Gasteiger partial charge is 0.406 e. The van der Waals surface area contributed by atoms with Crippen LogP contribution in [0.3, 0.4) is 0 Å². The van der Waals surface area contributed by atoms with Crippen LogP contribution in [0.4, 0.5) is 19.0 Å². The van der Waals surface area contributed by atoms with Crippen molar-refractivity contribution in [2.45, 2.75) is 12.8 Å². The number of imidazole rings is 1. The Labute approximate surface area is 140 Å². The number of benzene rings is 1. The first-order valence-electron chi connectivity index (χ1n) is 7.52. The molecule has 0 unspecified atom stereocenters. The Morgan fingerprint density at radius 2 is 2.04 bits per heavy atom. The number of aromatic nitrogens is 3. The number of ether oxygens (including phenoxy) is 1. The van der Waals surface area contributed by atoms with E-state index in [4.69, 9.17) is 5.11 Å². The van der Waals surface area contributed by atoms with Crippen LogP contribution in [-0.4, -0.2) is 39.2 Å². The van der Waals surface area contributed by atoms with Crippen molar-refractivity contribution >= 4 is 11.5 Å². The summed E-state index contributed by atoms with van der Waals surface area (Å²) in [6.07, 6.45) is -2.64. The highest BCUT2D eigenvalue weighted by atomic mass is 19.4. The SMILES string of the molecule is OCCCNc1ccc2ncc(-c3cccc(OC(F)(F)F)c3)n2n1. The lowest BCUT2D eigenvalue weighted by Crippen LogP contribution is -2.17. The molecule has 2 aromatic heterocycles. The van der Waals surface area contributed by atoms with Gasteiger partial charge in [-0.3, -0.25) is 0 Å². The highest BCUT2D eigenvalue weighted by Gasteiger charge is 2.31. The monoisotopic (exact) mass is 352 g/mol. The van der Waals surface area contributed by atoms with Gasteiger partial charge in [-0.1, -0.05) is 12.1 Å². The van der Waals surface area contributed by atoms with E-state index in [-0.39, 0.29) is 12.4 Å². The summed E-state index contributed by atoms with van der Waals surface area (Å²) in [5.41, 5.74) is 1.59. The average Bonchev–Trinajstić information content (AvgIpc) is 2.97. The molecule has 0 fully saturated rings. The van der Waals surface area contributed by atoms with Gasteiger partial charge in [-0.05, 0) is 30.7 Å². The number of hydrogen-bond donors (Lipinski definition) is 2. The van der Waals surface area contributed by atoms with Crippen molar-refractivity contribution in [2.75, 3.05) is 18.5 Å². The fourth-order valence-corrected chi connectivity index (χ4v) is 2.31. The Balaban J connectivity index is 1.92. The van der Waals surface area contributed by atoms with Crippen LogP contribution in [0.15, 0.2) is 42.6 Å². The fraction of sp³-hybridized carbons (Fsp3) is 0.250. The van der Waals surface area contributed by atoms with Crippen LogP contribution < -0.4 is 10.1 Å². The standard InChI is InChI=1S/C16H15F3N4O2/c17-16(18,19)25-12-4-1-3-11(9-12)13-10-21-15-6-5-14(22-23(13)15)20-7-2-8-24/h1,3-6,9-10,24H,2,7-8H2,(H,20,22). The van der Waals surface area contributed by atoms with Crippen LogP contribution in [0, 0.1) is 0 Å². The molecule has 132 valence electrons. The van der Waals surface area contributed by atoms with Gasteiger partial charge >= 0.3 is 6.36 Å². The molecule has 2 heterocycles. The predicted molar refractivity (Wildman–Crippen MR) is 85.3 cm³/mol. The second kappa shape index (κ2) is 6.98. The van der Waals surface area contributed by atoms with Gasteiger partial charge in [-0.2, -0.15) is 0 Å². The van der Waals surface area contributed by atoms with Crippen molar-refractivity contribution in [1.29, 1.82) is 0 Å². The van der Waals surface area contributed by atoms with E-state index in [0.717, 1.165) is 0 Å². The Morgan fingerprint density at radius 3 is 2.80 bits per heavy atom. The zero-order valence-electron chi connectivity index (χ0n) is 13.0. The Hall–Kier alpha value is -2.81. The molecule has 0 aliphatic carbocycles. The number of fused-ring (bicyclic) bond motifs is 1. The second-order valence-electron chi connectivity index (χ2n) is 5.21. The summed E-state index contributed by atoms with van der Waals surface area (Å²) in [6.45, 7) is 0.617. The number of alkyl halides is 3. The highest BCUT2D eigenvalue weighted by molar-refractivity contribution is 5.65. The van der Waals surface area contributed by atoms with E-state index in [1.807, 2.05) is 0 Å². The quantitative estimate of drug-likeness (QED) is 0.667. The second-order valence-corrected chi connectivity index (χ2v) is 5.21. The van der Waals surface area contributed by atoms with Crippen molar-refractivity contribution < 1.29 is 23.0 Å². The molecule has 25 heavy (non-hydrogen) atoms. The first-order valence-corrected chi connectivity index (χ1v) is 7.52. The van der Waals surface area contributed by atoms with Crippen molar-refractivity contribution in [3.05, 3.63) is 42.6 Å². The van der Waals surface area contributed by atoms with E-state index in [9.17, 15) is 13.2 Å². The third kappa shape index (κ3) is 4.18. The average molecular weight is 352 g/mol. The number of anilines is 1. The topological polar surface area (TPSA) is 71.7 Å². The molecule has 0 amide bonds. The highest BCUT2D eigenvalue weighted by Crippen LogP contribution is 2.28. The van der Waals surface area contributed by atoms with Crippen molar-refractivity contribution in [1.82, 2.24) is 14.6 Å². The summed E-state index contributed by atoms with van der Waals surface area (Å²) in [4.78, 5) is 4.21. The van der Waals surface area contributed by atoms with Crippen LogP contribution in [0.1, 0.15) is 6.42 Å². The molecule has 0 aliphatic rings. The Kier molecular flexibility index (Phi) is 4.75. The third-order valence-corrected chi connectivity index (χ3v) is 3.37. The molecule has 1 aromatic carbocycles. The zero-order chi connectivity index (χ0) is 17.9. The van der Waals surface area contributed by atoms with E-state index in [1.165, 1.54) is 28.9 Å². The van der Waals surface area contributed by atoms with Gasteiger partial charge in [0.1, 0.15) is 11.6 Å². The summed E-state index contributed by atoms with van der Waals surface area (Å²) in [5, 5.41) is 16.3. The minimum Gasteiger partial charge on any atom is -0.406 e. The van der Waals surface area contributed by atoms with Crippen LogP contribution >= 0.6 is 0 Å². The number of hydrogen-bond acceptors (Lipinski definition) is 5. The normalized spacial score (nSPS) is 11.7. The van der Waals surface area contributed by atoms with Gasteiger partial charge in [0, 0.05) is 18.7 Å². The minimum atomic E-state index is -4.75. The molecule has 0 saturated carbocycles. The molecule has 2 N–H and O–H groups in total. The molecule has 0 spiro atoms. The predicted octanol–water partition coefficient (Wildman–Crippen LogP) is 3.09. The molecule has 0 bridgehead atoms. The van der Waals surface area contributed by atoms with Crippen LogP contribution in [-0.2, 0) is 0 Å². The lowest BCUT2D eigenvalue weighted by Gasteiger charge is -2.10. The molecule has 0 aliphatic heterocycles. The fourth-order valence-electron chi connectivity index (χ4n) is 2.31. The van der Waals surface area contributed by atoms with Gasteiger partial charge in [0.25, 0.3) is 0 Å². The van der Waals surface area contributed by atoms with Crippen LogP contribution in [0.5, 0.6) is 5.75 Å². The van der Waals surface area contributed by atoms with Crippen molar-refractivity contribution in [3.8, 4) is 17.0 Å². The van der Waals surface area contributed by atoms with Gasteiger partial charge in [0.05, 0.1) is 11.9 Å². The van der Waals surface area contributed by atoms with Gasteiger partial charge in [0.2, 0.25) is 0 Å². The number of nitrogens with one attached hydrogen (secondary N) is 1. The summed E-state index contributed by atoms with van der Waals surface area (Å²) >= 11 is 0. The minimum absolute atomic E-state index is 0.0670. The first-order chi connectivity index (χ1) is 12.0. The molecule has 9 heteroatoms. The zero-order valence-corrected chi connectivity index (χ0v) is 13.0. The van der Waals surface area contributed by atoms with Crippen molar-refractivity contribution in [3.63, 3.8) is 0 Å². The molecular formula is C16H15F3N4O2. The van der Waals surface area contributed by atoms with E-state index < -0.39 is 6.36 Å². The number of halogens is 3. The van der Waals surface area contributed by atoms with Gasteiger partial charge < -0.3 is 15.2 Å². The van der Waals surface area contributed by atoms with E-state index in [2.05, 4.69) is 20.1 Å². The van der Waals surface area contributed by atoms with E-state index in [0.29, 0.717) is 35.7 Å². The number of nitrogens with zero attached hydrogens (tertiary/aromatic N) is 3. The third-order valence-electron chi connectivity index (χ3n) is 3.37. The van der Waals surface area contributed by atoms with Crippen LogP contribution in [0.2, 0.25) is 0 Å². The summed E-state index contributed by atoms with van der Waals surface area (Å²) in [7, 11) is 0. The first kappa shape index (κ1) is 17.0. The molecule has 3 aromatic rings. The molecule has 0 atom stereocenters. The largest absolute Gasteiger partial charge is 0.573 e. The number of rotatable bonds is 6. The lowest BCUT2D eigenvalue weighted by atomic mass is 10.1. The van der Waals surface area contributed by atoms with E-state index in [1.54, 1.807) is 18.2 Å². The molecule has 6 nitrogen and oxygen atoms in total. The van der Waals surface area contributed by atoms with Crippen molar-refractivity contribution in [2.24, 2.45) is 0 Å². The summed E-state index contributed by atoms with van der Waals surface area (Å²) in [5.74, 6) is 0.264. The number of aliphatic hydroxyl groups is 1. The maximum atomic E-state index is 12.4. The summed E-state index contributed by atoms with van der Waals surface area (Å²) in [6, 6.07) is 9.12. The maximum Gasteiger partial charge on any atom is 0.573 e. The van der Waals surface area contributed by atoms with Crippen LogP contribution in [0.25, 0.3) is 16.9 Å². The Morgan fingerprint density at radius 1 is 1.20 bits per heavy atom. The summed E-state index contributed by atoms with van der Waals surface area (Å²) < 4.78 is 42.7. The van der Waals surface area contributed by atoms with E-state index >= 15 is 0 Å². The van der Waals surface area contributed by atoms with Gasteiger partial charge in [-0.15, -0.1) is 18.3 Å². The Bertz CT molecular complexity index is 864. The molecule has 0 saturated heterocycles. The molecule has 3 rings (SSSR count). The maximum absolute atomic E-state index is 12.4.